The van der Waals surface area contributed by atoms with E-state index >= 15 is 0 Å². The van der Waals surface area contributed by atoms with Gasteiger partial charge in [0.15, 0.2) is 0 Å². The fourth-order valence-corrected chi connectivity index (χ4v) is 3.22. The van der Waals surface area contributed by atoms with Crippen LogP contribution in [0.3, 0.4) is 0 Å². The quantitative estimate of drug-likeness (QED) is 0.672. The number of aromatic nitrogens is 4. The third kappa shape index (κ3) is 2.91. The van der Waals surface area contributed by atoms with Crippen molar-refractivity contribution in [2.24, 2.45) is 0 Å². The van der Waals surface area contributed by atoms with Crippen LogP contribution >= 0.6 is 31.9 Å². The summed E-state index contributed by atoms with van der Waals surface area (Å²) in [6, 6.07) is 12.0. The van der Waals surface area contributed by atoms with Crippen molar-refractivity contribution in [3.05, 3.63) is 56.5 Å². The summed E-state index contributed by atoms with van der Waals surface area (Å²) < 4.78 is 3.58. The van der Waals surface area contributed by atoms with Gasteiger partial charge in [-0.05, 0) is 85.5 Å². The first kappa shape index (κ1) is 15.2. The summed E-state index contributed by atoms with van der Waals surface area (Å²) in [6.07, 6.45) is 0. The average molecular weight is 423 g/mol. The van der Waals surface area contributed by atoms with Crippen LogP contribution in [0, 0.1) is 13.8 Å². The van der Waals surface area contributed by atoms with Crippen LogP contribution in [0.1, 0.15) is 11.1 Å². The highest BCUT2D eigenvalue weighted by Crippen LogP contribution is 2.35. The van der Waals surface area contributed by atoms with Gasteiger partial charge in [0, 0.05) is 8.95 Å². The van der Waals surface area contributed by atoms with Gasteiger partial charge < -0.3 is 5.32 Å². The molecule has 0 amide bonds. The van der Waals surface area contributed by atoms with Crippen LogP contribution in [0.4, 0.5) is 11.6 Å². The molecule has 0 spiro atoms. The molecule has 1 N–H and O–H groups in total. The zero-order valence-electron chi connectivity index (χ0n) is 12.0. The maximum absolute atomic E-state index is 4.08. The summed E-state index contributed by atoms with van der Waals surface area (Å²) >= 11 is 7.15. The standard InChI is InChI=1S/C15H13Br2N5/c1-9-4-3-5-11(8-9)22-15(19-20-21-22)18-14-12(16)7-6-10(2)13(14)17/h3-8H,1-2H3,(H,18,19,21). The van der Waals surface area contributed by atoms with Gasteiger partial charge in [-0.2, -0.15) is 4.68 Å². The Kier molecular flexibility index (Phi) is 4.26. The van der Waals surface area contributed by atoms with Crippen LogP contribution in [-0.4, -0.2) is 20.2 Å². The minimum Gasteiger partial charge on any atom is -0.321 e. The summed E-state index contributed by atoms with van der Waals surface area (Å²) in [5.74, 6) is 0.553. The van der Waals surface area contributed by atoms with Gasteiger partial charge in [-0.15, -0.1) is 0 Å². The lowest BCUT2D eigenvalue weighted by Gasteiger charge is -2.12. The average Bonchev–Trinajstić information content (AvgIpc) is 2.96. The molecule has 112 valence electrons. The number of anilines is 2. The SMILES string of the molecule is Cc1cccc(-n2nnnc2Nc2c(Br)ccc(C)c2Br)c1. The zero-order valence-corrected chi connectivity index (χ0v) is 15.2. The van der Waals surface area contributed by atoms with E-state index in [2.05, 4.69) is 52.7 Å². The highest BCUT2D eigenvalue weighted by molar-refractivity contribution is 9.11. The Labute approximate surface area is 145 Å². The Hall–Kier alpha value is -1.73. The molecule has 5 nitrogen and oxygen atoms in total. The first-order chi connectivity index (χ1) is 10.6. The molecule has 0 aliphatic heterocycles. The predicted molar refractivity (Wildman–Crippen MR) is 93.8 cm³/mol. The molecule has 0 radical (unpaired) electrons. The molecular formula is C15H13Br2N5. The normalized spacial score (nSPS) is 10.7. The summed E-state index contributed by atoms with van der Waals surface area (Å²) in [6.45, 7) is 4.07. The first-order valence-corrected chi connectivity index (χ1v) is 8.22. The van der Waals surface area contributed by atoms with Gasteiger partial charge in [0.25, 0.3) is 5.95 Å². The molecule has 0 aliphatic carbocycles. The van der Waals surface area contributed by atoms with Crippen molar-refractivity contribution in [3.63, 3.8) is 0 Å². The van der Waals surface area contributed by atoms with E-state index in [-0.39, 0.29) is 0 Å². The van der Waals surface area contributed by atoms with E-state index < -0.39 is 0 Å². The van der Waals surface area contributed by atoms with Gasteiger partial charge in [0.05, 0.1) is 11.4 Å². The summed E-state index contributed by atoms with van der Waals surface area (Å²) in [7, 11) is 0. The van der Waals surface area contributed by atoms with Crippen molar-refractivity contribution < 1.29 is 0 Å². The second kappa shape index (κ2) is 6.18. The number of nitrogens with zero attached hydrogens (tertiary/aromatic N) is 4. The van der Waals surface area contributed by atoms with Crippen LogP contribution < -0.4 is 5.32 Å². The number of rotatable bonds is 3. The van der Waals surface area contributed by atoms with E-state index in [0.717, 1.165) is 31.4 Å². The Balaban J connectivity index is 2.02. The molecule has 3 rings (SSSR count). The monoisotopic (exact) mass is 421 g/mol. The lowest BCUT2D eigenvalue weighted by molar-refractivity contribution is 0.791. The Morgan fingerprint density at radius 1 is 1.09 bits per heavy atom. The van der Waals surface area contributed by atoms with Crippen molar-refractivity contribution in [1.29, 1.82) is 0 Å². The largest absolute Gasteiger partial charge is 0.321 e. The summed E-state index contributed by atoms with van der Waals surface area (Å²) in [4.78, 5) is 0. The van der Waals surface area contributed by atoms with Crippen molar-refractivity contribution in [1.82, 2.24) is 20.2 Å². The van der Waals surface area contributed by atoms with Crippen molar-refractivity contribution >= 4 is 43.5 Å². The molecule has 3 aromatic rings. The molecule has 1 heterocycles. The number of halogens is 2. The van der Waals surface area contributed by atoms with Gasteiger partial charge >= 0.3 is 0 Å². The molecule has 1 aromatic heterocycles. The van der Waals surface area contributed by atoms with Gasteiger partial charge in [0.1, 0.15) is 0 Å². The van der Waals surface area contributed by atoms with Gasteiger partial charge in [0.2, 0.25) is 0 Å². The van der Waals surface area contributed by atoms with Crippen molar-refractivity contribution in [2.45, 2.75) is 13.8 Å². The van der Waals surface area contributed by atoms with Crippen LogP contribution in [0.2, 0.25) is 0 Å². The molecule has 2 aromatic carbocycles. The maximum atomic E-state index is 4.08. The molecular weight excluding hydrogens is 410 g/mol. The Bertz CT molecular complexity index is 829. The number of nitrogens with one attached hydrogen (secondary N) is 1. The molecule has 0 unspecified atom stereocenters. The lowest BCUT2D eigenvalue weighted by atomic mass is 10.2. The fourth-order valence-electron chi connectivity index (χ4n) is 2.08. The van der Waals surface area contributed by atoms with Crippen LogP contribution in [-0.2, 0) is 0 Å². The van der Waals surface area contributed by atoms with Crippen molar-refractivity contribution in [3.8, 4) is 5.69 Å². The molecule has 0 atom stereocenters. The zero-order chi connectivity index (χ0) is 15.7. The van der Waals surface area contributed by atoms with E-state index in [4.69, 9.17) is 0 Å². The highest BCUT2D eigenvalue weighted by Gasteiger charge is 2.13. The van der Waals surface area contributed by atoms with E-state index in [1.807, 2.05) is 50.2 Å². The van der Waals surface area contributed by atoms with Gasteiger partial charge in [-0.1, -0.05) is 23.3 Å². The molecule has 0 fully saturated rings. The van der Waals surface area contributed by atoms with E-state index in [0.29, 0.717) is 5.95 Å². The molecule has 0 saturated carbocycles. The molecule has 22 heavy (non-hydrogen) atoms. The van der Waals surface area contributed by atoms with Crippen LogP contribution in [0.5, 0.6) is 0 Å². The third-order valence-corrected chi connectivity index (χ3v) is 4.92. The van der Waals surface area contributed by atoms with Gasteiger partial charge in [-0.3, -0.25) is 0 Å². The van der Waals surface area contributed by atoms with Crippen molar-refractivity contribution in [2.75, 3.05) is 5.32 Å². The second-order valence-electron chi connectivity index (χ2n) is 4.93. The molecule has 0 bridgehead atoms. The van der Waals surface area contributed by atoms with Crippen LogP contribution in [0.15, 0.2) is 45.3 Å². The fraction of sp³-hybridized carbons (Fsp3) is 0.133. The van der Waals surface area contributed by atoms with E-state index in [1.165, 1.54) is 0 Å². The Morgan fingerprint density at radius 2 is 1.91 bits per heavy atom. The minimum atomic E-state index is 0.553. The first-order valence-electron chi connectivity index (χ1n) is 6.63. The summed E-state index contributed by atoms with van der Waals surface area (Å²) in [5, 5.41) is 15.2. The van der Waals surface area contributed by atoms with E-state index in [9.17, 15) is 0 Å². The maximum Gasteiger partial charge on any atom is 0.252 e. The smallest absolute Gasteiger partial charge is 0.252 e. The molecule has 0 aliphatic rings. The summed E-state index contributed by atoms with van der Waals surface area (Å²) in [5.41, 5.74) is 4.08. The highest BCUT2D eigenvalue weighted by atomic mass is 79.9. The van der Waals surface area contributed by atoms with E-state index in [1.54, 1.807) is 4.68 Å². The number of hydrogen-bond donors (Lipinski definition) is 1. The van der Waals surface area contributed by atoms with Gasteiger partial charge in [-0.25, -0.2) is 0 Å². The number of benzene rings is 2. The number of tetrazole rings is 1. The molecule has 0 saturated heterocycles. The third-order valence-electron chi connectivity index (χ3n) is 3.24. The minimum absolute atomic E-state index is 0.553. The number of hydrogen-bond acceptors (Lipinski definition) is 4. The second-order valence-corrected chi connectivity index (χ2v) is 6.58. The predicted octanol–water partition coefficient (Wildman–Crippen LogP) is 4.55. The number of aryl methyl sites for hydroxylation is 2. The lowest BCUT2D eigenvalue weighted by Crippen LogP contribution is -2.04. The molecule has 7 heteroatoms. The van der Waals surface area contributed by atoms with Crippen LogP contribution in [0.25, 0.3) is 5.69 Å². The topological polar surface area (TPSA) is 55.6 Å². The Morgan fingerprint density at radius 3 is 2.68 bits per heavy atom.